The van der Waals surface area contributed by atoms with Crippen molar-refractivity contribution in [1.29, 1.82) is 0 Å². The number of hydrogen-bond acceptors (Lipinski definition) is 4. The van der Waals surface area contributed by atoms with Crippen molar-refractivity contribution in [2.75, 3.05) is 0 Å². The molecule has 0 saturated heterocycles. The molecule has 6 heteroatoms. The minimum atomic E-state index is -0.307. The molecule has 1 aliphatic carbocycles. The summed E-state index contributed by atoms with van der Waals surface area (Å²) in [4.78, 5) is 11.3. The lowest BCUT2D eigenvalue weighted by atomic mass is 9.90. The van der Waals surface area contributed by atoms with Crippen LogP contribution in [0.5, 0.6) is 0 Å². The molecule has 2 aromatic rings. The zero-order valence-corrected chi connectivity index (χ0v) is 16.1. The molecule has 0 radical (unpaired) electrons. The average molecular weight is 393 g/mol. The van der Waals surface area contributed by atoms with Crippen molar-refractivity contribution in [3.05, 3.63) is 57.0 Å². The number of nitrogens with zero attached hydrogens (tertiary/aromatic N) is 2. The number of halogens is 2. The minimum absolute atomic E-state index is 0.257. The molecule has 1 aliphatic heterocycles. The van der Waals surface area contributed by atoms with E-state index >= 15 is 0 Å². The first kappa shape index (κ1) is 17.3. The molecule has 0 bridgehead atoms. The summed E-state index contributed by atoms with van der Waals surface area (Å²) in [5.74, 6) is 0.359. The maximum Gasteiger partial charge on any atom is 0.152 e. The zero-order chi connectivity index (χ0) is 17.3. The Bertz CT molecular complexity index is 824. The van der Waals surface area contributed by atoms with E-state index in [0.717, 1.165) is 29.2 Å². The molecular weight excluding hydrogens is 375 g/mol. The Hall–Kier alpha value is -1.17. The van der Waals surface area contributed by atoms with Gasteiger partial charge in [0.1, 0.15) is 16.6 Å². The fraction of sp³-hybridized carbons (Fsp3) is 0.368. The van der Waals surface area contributed by atoms with Crippen molar-refractivity contribution in [2.24, 2.45) is 9.98 Å². The van der Waals surface area contributed by atoms with Gasteiger partial charge >= 0.3 is 0 Å². The molecule has 1 saturated carbocycles. The second-order valence-electron chi connectivity index (χ2n) is 6.42. The molecule has 0 unspecified atom stereocenters. The number of benzene rings is 1. The summed E-state index contributed by atoms with van der Waals surface area (Å²) in [7, 11) is 0. The summed E-state index contributed by atoms with van der Waals surface area (Å²) in [6.45, 7) is 0. The first-order valence-electron chi connectivity index (χ1n) is 8.46. The van der Waals surface area contributed by atoms with Gasteiger partial charge in [0.2, 0.25) is 0 Å². The molecule has 0 N–H and O–H groups in total. The van der Waals surface area contributed by atoms with E-state index in [1.165, 1.54) is 36.3 Å². The van der Waals surface area contributed by atoms with Crippen molar-refractivity contribution >= 4 is 45.5 Å². The van der Waals surface area contributed by atoms with Crippen molar-refractivity contribution in [3.63, 3.8) is 0 Å². The number of rotatable bonds is 3. The summed E-state index contributed by atoms with van der Waals surface area (Å²) in [6, 6.07) is 8.72. The molecule has 2 aliphatic rings. The molecule has 1 fully saturated rings. The summed E-state index contributed by atoms with van der Waals surface area (Å²) in [5, 5.41) is 3.53. The largest absolute Gasteiger partial charge is 0.251 e. The van der Waals surface area contributed by atoms with Gasteiger partial charge in [-0.3, -0.25) is 4.99 Å². The zero-order valence-electron chi connectivity index (χ0n) is 13.7. The molecule has 130 valence electrons. The van der Waals surface area contributed by atoms with Gasteiger partial charge < -0.3 is 0 Å². The molecule has 1 aromatic heterocycles. The van der Waals surface area contributed by atoms with Gasteiger partial charge in [-0.1, -0.05) is 41.9 Å². The van der Waals surface area contributed by atoms with Gasteiger partial charge in [0.25, 0.3) is 0 Å². The maximum absolute atomic E-state index is 13.2. The Morgan fingerprint density at radius 2 is 2.00 bits per heavy atom. The third-order valence-corrected chi connectivity index (χ3v) is 6.86. The predicted molar refractivity (Wildman–Crippen MR) is 107 cm³/mol. The molecule has 0 atom stereocenters. The Balaban J connectivity index is 1.59. The van der Waals surface area contributed by atoms with E-state index in [4.69, 9.17) is 21.6 Å². The number of aliphatic imine (C=N–C) groups is 2. The predicted octanol–water partition coefficient (Wildman–Crippen LogP) is 6.34. The Labute approximate surface area is 160 Å². The Morgan fingerprint density at radius 1 is 1.16 bits per heavy atom. The first-order valence-corrected chi connectivity index (χ1v) is 10.7. The van der Waals surface area contributed by atoms with E-state index in [-0.39, 0.29) is 11.5 Å². The fourth-order valence-corrected chi connectivity index (χ4v) is 5.49. The SMILES string of the molecule is Fc1ccc(CSC2=NC3(CCCCC3)N=C2c2cccs2)c(Cl)c1. The number of thioether (sulfide) groups is 1. The standard InChI is InChI=1S/C19H18ClFN2S2/c20-15-11-14(21)7-6-13(15)12-25-18-17(16-5-4-10-24-16)22-19(23-18)8-2-1-3-9-19/h4-7,10-11H,1-3,8-9,12H2. The van der Waals surface area contributed by atoms with Crippen LogP contribution in [-0.2, 0) is 5.75 Å². The highest BCUT2D eigenvalue weighted by molar-refractivity contribution is 8.15. The van der Waals surface area contributed by atoms with Crippen LogP contribution in [0.15, 0.2) is 45.7 Å². The van der Waals surface area contributed by atoms with Gasteiger partial charge in [0, 0.05) is 10.8 Å². The lowest BCUT2D eigenvalue weighted by Gasteiger charge is -2.27. The second-order valence-corrected chi connectivity index (χ2v) is 8.74. The monoisotopic (exact) mass is 392 g/mol. The minimum Gasteiger partial charge on any atom is -0.251 e. The number of hydrogen-bond donors (Lipinski definition) is 0. The second kappa shape index (κ2) is 7.22. The van der Waals surface area contributed by atoms with E-state index in [1.807, 2.05) is 6.07 Å². The Morgan fingerprint density at radius 3 is 2.72 bits per heavy atom. The van der Waals surface area contributed by atoms with Crippen molar-refractivity contribution < 1.29 is 4.39 Å². The van der Waals surface area contributed by atoms with E-state index < -0.39 is 0 Å². The van der Waals surface area contributed by atoms with Gasteiger partial charge in [-0.05, 0) is 54.8 Å². The summed E-state index contributed by atoms with van der Waals surface area (Å²) >= 11 is 9.52. The van der Waals surface area contributed by atoms with Crippen LogP contribution < -0.4 is 0 Å². The van der Waals surface area contributed by atoms with Crippen LogP contribution in [0, 0.1) is 5.82 Å². The molecule has 4 rings (SSSR count). The highest BCUT2D eigenvalue weighted by atomic mass is 35.5. The molecule has 25 heavy (non-hydrogen) atoms. The lowest BCUT2D eigenvalue weighted by Crippen LogP contribution is -2.25. The van der Waals surface area contributed by atoms with E-state index in [1.54, 1.807) is 29.2 Å². The van der Waals surface area contributed by atoms with Gasteiger partial charge in [-0.15, -0.1) is 11.3 Å². The van der Waals surface area contributed by atoms with Crippen molar-refractivity contribution in [1.82, 2.24) is 0 Å². The molecular formula is C19H18ClFN2S2. The smallest absolute Gasteiger partial charge is 0.152 e. The van der Waals surface area contributed by atoms with Gasteiger partial charge in [0.15, 0.2) is 5.66 Å². The van der Waals surface area contributed by atoms with E-state index in [9.17, 15) is 4.39 Å². The van der Waals surface area contributed by atoms with Crippen LogP contribution >= 0.6 is 34.7 Å². The third kappa shape index (κ3) is 3.69. The quantitative estimate of drug-likeness (QED) is 0.598. The van der Waals surface area contributed by atoms with Gasteiger partial charge in [-0.25, -0.2) is 9.38 Å². The summed E-state index contributed by atoms with van der Waals surface area (Å²) in [5.41, 5.74) is 1.68. The van der Waals surface area contributed by atoms with Crippen LogP contribution in [0.4, 0.5) is 4.39 Å². The van der Waals surface area contributed by atoms with Crippen LogP contribution in [0.1, 0.15) is 42.5 Å². The molecule has 2 heterocycles. The lowest BCUT2D eigenvalue weighted by molar-refractivity contribution is 0.317. The molecule has 0 amide bonds. The van der Waals surface area contributed by atoms with Crippen LogP contribution in [-0.4, -0.2) is 16.4 Å². The molecule has 1 aromatic carbocycles. The van der Waals surface area contributed by atoms with Gasteiger partial charge in [0.05, 0.1) is 4.88 Å². The third-order valence-electron chi connectivity index (χ3n) is 4.62. The normalized spacial score (nSPS) is 19.1. The first-order chi connectivity index (χ1) is 12.2. The fourth-order valence-electron chi connectivity index (χ4n) is 3.32. The van der Waals surface area contributed by atoms with Crippen molar-refractivity contribution in [3.8, 4) is 0 Å². The molecule has 2 nitrogen and oxygen atoms in total. The van der Waals surface area contributed by atoms with Crippen LogP contribution in [0.2, 0.25) is 5.02 Å². The van der Waals surface area contributed by atoms with E-state index in [2.05, 4.69) is 11.4 Å². The maximum atomic E-state index is 13.2. The average Bonchev–Trinajstić information content (AvgIpc) is 3.23. The highest BCUT2D eigenvalue weighted by Gasteiger charge is 2.37. The summed E-state index contributed by atoms with van der Waals surface area (Å²) < 4.78 is 13.2. The van der Waals surface area contributed by atoms with Gasteiger partial charge in [-0.2, -0.15) is 0 Å². The van der Waals surface area contributed by atoms with Crippen LogP contribution in [0.3, 0.4) is 0 Å². The molecule has 1 spiro atoms. The topological polar surface area (TPSA) is 24.7 Å². The Kier molecular flexibility index (Phi) is 4.98. The van der Waals surface area contributed by atoms with Crippen molar-refractivity contribution in [2.45, 2.75) is 43.5 Å². The highest BCUT2D eigenvalue weighted by Crippen LogP contribution is 2.39. The van der Waals surface area contributed by atoms with Crippen LogP contribution in [0.25, 0.3) is 0 Å². The summed E-state index contributed by atoms with van der Waals surface area (Å²) in [6.07, 6.45) is 5.71. The van der Waals surface area contributed by atoms with E-state index in [0.29, 0.717) is 10.8 Å². The number of thiophene rings is 1.